The number of rotatable bonds is 3. The van der Waals surface area contributed by atoms with Crippen LogP contribution in [-0.4, -0.2) is 44.0 Å². The van der Waals surface area contributed by atoms with Crippen molar-refractivity contribution in [1.82, 2.24) is 9.29 Å². The maximum Gasteiger partial charge on any atom is 0.274 e. The van der Waals surface area contributed by atoms with Crippen LogP contribution in [0.5, 0.6) is 0 Å². The molecule has 1 aromatic carbocycles. The Morgan fingerprint density at radius 1 is 1.34 bits per heavy atom. The summed E-state index contributed by atoms with van der Waals surface area (Å²) in [6.45, 7) is 3.24. The molecule has 1 aromatic heterocycles. The van der Waals surface area contributed by atoms with Crippen LogP contribution in [0.15, 0.2) is 35.5 Å². The van der Waals surface area contributed by atoms with Gasteiger partial charge in [0.2, 0.25) is 5.96 Å². The number of amides is 1. The lowest BCUT2D eigenvalue weighted by Crippen LogP contribution is -2.50. The summed E-state index contributed by atoms with van der Waals surface area (Å²) in [5, 5.41) is 2.39. The topological polar surface area (TPSA) is 101 Å². The predicted octanol–water partition coefficient (Wildman–Crippen LogP) is 2.03. The number of aliphatic imine (C=N–C) groups is 1. The SMILES string of the molecule is C=S1(=O)C[C@@](C)(c2c(F)ccc(NC(=O)c3ccc(C)cn3)c2F)N=C(N)N1C. The van der Waals surface area contributed by atoms with Crippen molar-refractivity contribution >= 4 is 33.1 Å². The zero-order valence-corrected chi connectivity index (χ0v) is 17.0. The summed E-state index contributed by atoms with van der Waals surface area (Å²) >= 11 is 0. The van der Waals surface area contributed by atoms with E-state index in [1.54, 1.807) is 6.07 Å². The minimum atomic E-state index is -2.94. The molecule has 0 fully saturated rings. The van der Waals surface area contributed by atoms with Gasteiger partial charge >= 0.3 is 0 Å². The van der Waals surface area contributed by atoms with Crippen LogP contribution in [0.1, 0.15) is 28.5 Å². The van der Waals surface area contributed by atoms with Crippen LogP contribution in [0.25, 0.3) is 0 Å². The smallest absolute Gasteiger partial charge is 0.274 e. The number of halogens is 2. The maximum absolute atomic E-state index is 15.3. The number of nitrogens with two attached hydrogens (primary N) is 1. The van der Waals surface area contributed by atoms with E-state index in [9.17, 15) is 13.4 Å². The summed E-state index contributed by atoms with van der Waals surface area (Å²) in [5.74, 6) is 0.665. The molecule has 0 aliphatic carbocycles. The molecule has 1 aliphatic heterocycles. The maximum atomic E-state index is 15.3. The molecule has 1 unspecified atom stereocenters. The van der Waals surface area contributed by atoms with Crippen molar-refractivity contribution in [1.29, 1.82) is 0 Å². The van der Waals surface area contributed by atoms with Crippen molar-refractivity contribution in [3.63, 3.8) is 0 Å². The molecular formula is C19H21F2N5O2S. The highest BCUT2D eigenvalue weighted by molar-refractivity contribution is 7.98. The molecule has 29 heavy (non-hydrogen) atoms. The van der Waals surface area contributed by atoms with Gasteiger partial charge in [-0.1, -0.05) is 6.07 Å². The van der Waals surface area contributed by atoms with Gasteiger partial charge in [-0.05, 0) is 43.5 Å². The number of carbonyl (C=O) groups is 1. The Hall–Kier alpha value is -3.01. The quantitative estimate of drug-likeness (QED) is 0.741. The highest BCUT2D eigenvalue weighted by atomic mass is 32.2. The lowest BCUT2D eigenvalue weighted by molar-refractivity contribution is 0.102. The molecule has 2 heterocycles. The first kappa shape index (κ1) is 20.7. The molecular weight excluding hydrogens is 400 g/mol. The highest BCUT2D eigenvalue weighted by Gasteiger charge is 2.41. The van der Waals surface area contributed by atoms with E-state index in [-0.39, 0.29) is 23.1 Å². The largest absolute Gasteiger partial charge is 0.369 e. The number of carbonyl (C=O) groups excluding carboxylic acids is 1. The molecule has 154 valence electrons. The number of anilines is 1. The number of nitrogens with zero attached hydrogens (tertiary/aromatic N) is 3. The van der Waals surface area contributed by atoms with E-state index in [0.717, 1.165) is 17.7 Å². The average Bonchev–Trinajstić information content (AvgIpc) is 2.62. The third kappa shape index (κ3) is 3.80. The fraction of sp³-hybridized carbons (Fsp3) is 0.263. The first-order valence-electron chi connectivity index (χ1n) is 8.61. The predicted molar refractivity (Wildman–Crippen MR) is 110 cm³/mol. The zero-order chi connectivity index (χ0) is 21.6. The van der Waals surface area contributed by atoms with E-state index >= 15 is 4.39 Å². The Balaban J connectivity index is 2.04. The van der Waals surface area contributed by atoms with Crippen molar-refractivity contribution in [2.75, 3.05) is 18.1 Å². The Bertz CT molecular complexity index is 1120. The molecule has 0 bridgehead atoms. The molecule has 0 saturated carbocycles. The molecule has 2 atom stereocenters. The zero-order valence-electron chi connectivity index (χ0n) is 16.2. The fourth-order valence-corrected chi connectivity index (χ4v) is 4.78. The molecule has 3 rings (SSSR count). The van der Waals surface area contributed by atoms with Gasteiger partial charge in [0.1, 0.15) is 17.1 Å². The number of aromatic nitrogens is 1. The van der Waals surface area contributed by atoms with Gasteiger partial charge in [-0.3, -0.25) is 14.1 Å². The van der Waals surface area contributed by atoms with Gasteiger partial charge in [-0.15, -0.1) is 0 Å². The van der Waals surface area contributed by atoms with Crippen LogP contribution in [0, 0.1) is 18.6 Å². The second kappa shape index (κ2) is 7.11. The van der Waals surface area contributed by atoms with E-state index in [4.69, 9.17) is 5.73 Å². The normalized spacial score (nSPS) is 24.2. The first-order chi connectivity index (χ1) is 13.4. The van der Waals surface area contributed by atoms with Crippen LogP contribution in [0.3, 0.4) is 0 Å². The third-order valence-electron chi connectivity index (χ3n) is 4.71. The van der Waals surface area contributed by atoms with E-state index < -0.39 is 38.4 Å². The minimum absolute atomic E-state index is 0.0782. The number of hydrogen-bond acceptors (Lipinski definition) is 5. The number of hydrogen-bond donors (Lipinski definition) is 2. The summed E-state index contributed by atoms with van der Waals surface area (Å²) < 4.78 is 43.9. The fourth-order valence-electron chi connectivity index (χ4n) is 3.12. The van der Waals surface area contributed by atoms with Gasteiger partial charge in [-0.2, -0.15) is 0 Å². The number of pyridine rings is 1. The Morgan fingerprint density at radius 2 is 2.03 bits per heavy atom. The molecule has 10 heteroatoms. The second-order valence-electron chi connectivity index (χ2n) is 7.12. The summed E-state index contributed by atoms with van der Waals surface area (Å²) in [4.78, 5) is 20.5. The van der Waals surface area contributed by atoms with E-state index in [2.05, 4.69) is 21.2 Å². The molecule has 0 radical (unpaired) electrons. The molecule has 0 spiro atoms. The van der Waals surface area contributed by atoms with Crippen molar-refractivity contribution in [2.45, 2.75) is 19.4 Å². The summed E-state index contributed by atoms with van der Waals surface area (Å²) in [6, 6.07) is 5.30. The van der Waals surface area contributed by atoms with Crippen LogP contribution in [-0.2, 0) is 15.2 Å². The van der Waals surface area contributed by atoms with Crippen LogP contribution < -0.4 is 11.1 Å². The summed E-state index contributed by atoms with van der Waals surface area (Å²) in [6.07, 6.45) is 1.50. The summed E-state index contributed by atoms with van der Waals surface area (Å²) in [7, 11) is -1.49. The van der Waals surface area contributed by atoms with Gasteiger partial charge in [0.25, 0.3) is 5.91 Å². The van der Waals surface area contributed by atoms with Crippen molar-refractivity contribution < 1.29 is 17.8 Å². The Labute approximate surface area is 167 Å². The van der Waals surface area contributed by atoms with E-state index in [1.807, 2.05) is 6.92 Å². The minimum Gasteiger partial charge on any atom is -0.369 e. The Morgan fingerprint density at radius 3 is 2.62 bits per heavy atom. The van der Waals surface area contributed by atoms with Gasteiger partial charge in [0.15, 0.2) is 5.82 Å². The number of benzene rings is 1. The van der Waals surface area contributed by atoms with Gasteiger partial charge in [0, 0.05) is 13.2 Å². The van der Waals surface area contributed by atoms with Crippen molar-refractivity contribution in [3.05, 3.63) is 58.9 Å². The first-order valence-corrected chi connectivity index (χ1v) is 10.5. The summed E-state index contributed by atoms with van der Waals surface area (Å²) in [5.41, 5.74) is 4.49. The van der Waals surface area contributed by atoms with Crippen LogP contribution >= 0.6 is 0 Å². The standard InChI is InChI=1S/C19H21F2N5O2S/c1-11-5-7-14(23-9-11)17(27)24-13-8-6-12(20)15(16(13)21)19(2)10-29(4,28)26(3)18(22)25-19/h5-9H,4,10H2,1-3H3,(H2,22,25)(H,24,27)/t19-,29?/m0/s1. The molecule has 1 amide bonds. The van der Waals surface area contributed by atoms with Crippen molar-refractivity contribution in [3.8, 4) is 0 Å². The van der Waals surface area contributed by atoms with E-state index in [1.165, 1.54) is 30.5 Å². The average molecular weight is 421 g/mol. The lowest BCUT2D eigenvalue weighted by Gasteiger charge is -2.37. The molecule has 3 N–H and O–H groups in total. The molecule has 2 aromatic rings. The third-order valence-corrected chi connectivity index (χ3v) is 6.91. The molecule has 0 saturated heterocycles. The number of guanidine groups is 1. The molecule has 7 nitrogen and oxygen atoms in total. The van der Waals surface area contributed by atoms with Gasteiger partial charge < -0.3 is 11.1 Å². The Kier molecular flexibility index (Phi) is 5.08. The van der Waals surface area contributed by atoms with Gasteiger partial charge in [0.05, 0.1) is 26.7 Å². The number of aryl methyl sites for hydroxylation is 1. The highest BCUT2D eigenvalue weighted by Crippen LogP contribution is 2.37. The monoisotopic (exact) mass is 421 g/mol. The number of nitrogens with one attached hydrogen (secondary N) is 1. The van der Waals surface area contributed by atoms with Crippen molar-refractivity contribution in [2.24, 2.45) is 10.7 Å². The van der Waals surface area contributed by atoms with E-state index in [0.29, 0.717) is 0 Å². The lowest BCUT2D eigenvalue weighted by atomic mass is 9.92. The molecule has 1 aliphatic rings. The second-order valence-corrected chi connectivity index (χ2v) is 9.50. The van der Waals surface area contributed by atoms with Gasteiger partial charge in [-0.25, -0.2) is 18.0 Å². The van der Waals surface area contributed by atoms with Crippen LogP contribution in [0.2, 0.25) is 0 Å². The van der Waals surface area contributed by atoms with Crippen LogP contribution in [0.4, 0.5) is 14.5 Å².